The molecule has 0 radical (unpaired) electrons. The van der Waals surface area contributed by atoms with Crippen molar-refractivity contribution in [1.82, 2.24) is 9.78 Å². The second kappa shape index (κ2) is 4.68. The summed E-state index contributed by atoms with van der Waals surface area (Å²) in [5, 5.41) is 3.87. The Hall–Kier alpha value is -2.04. The van der Waals surface area contributed by atoms with Crippen LogP contribution >= 0.6 is 0 Å². The van der Waals surface area contributed by atoms with Crippen LogP contribution in [-0.2, 0) is 0 Å². The van der Waals surface area contributed by atoms with Gasteiger partial charge in [-0.2, -0.15) is 9.49 Å². The fourth-order valence-electron chi connectivity index (χ4n) is 1.71. The van der Waals surface area contributed by atoms with Crippen LogP contribution in [0.1, 0.15) is 30.2 Å². The molecule has 0 N–H and O–H groups in total. The smallest absolute Gasteiger partial charge is 0.219 e. The summed E-state index contributed by atoms with van der Waals surface area (Å²) < 4.78 is 28.9. The van der Waals surface area contributed by atoms with Crippen molar-refractivity contribution in [2.24, 2.45) is 0 Å². The molecule has 94 valence electrons. The molecule has 0 unspecified atom stereocenters. The number of hydrogen-bond donors (Lipinski definition) is 0. The Morgan fingerprint density at radius 2 is 2.00 bits per heavy atom. The van der Waals surface area contributed by atoms with Gasteiger partial charge in [0.05, 0.1) is 11.8 Å². The van der Waals surface area contributed by atoms with Gasteiger partial charge in [0.15, 0.2) is 0 Å². The van der Waals surface area contributed by atoms with E-state index in [4.69, 9.17) is 0 Å². The van der Waals surface area contributed by atoms with E-state index in [0.29, 0.717) is 11.8 Å². The Labute approximate surface area is 103 Å². The number of nitrogens with zero attached hydrogens (tertiary/aromatic N) is 2. The van der Waals surface area contributed by atoms with Crippen LogP contribution < -0.4 is 0 Å². The van der Waals surface area contributed by atoms with Gasteiger partial charge in [-0.15, -0.1) is 0 Å². The van der Waals surface area contributed by atoms with Crippen molar-refractivity contribution in [3.05, 3.63) is 41.7 Å². The van der Waals surface area contributed by atoms with Crippen LogP contribution in [0.3, 0.4) is 0 Å². The first-order valence-electron chi connectivity index (χ1n) is 5.52. The first kappa shape index (κ1) is 12.4. The zero-order valence-corrected chi connectivity index (χ0v) is 10.0. The lowest BCUT2D eigenvalue weighted by atomic mass is 10.1. The molecule has 1 aromatic carbocycles. The molecule has 0 spiro atoms. The van der Waals surface area contributed by atoms with Crippen LogP contribution in [0.25, 0.3) is 11.1 Å². The molecule has 1 aromatic heterocycles. The zero-order chi connectivity index (χ0) is 13.3. The summed E-state index contributed by atoms with van der Waals surface area (Å²) in [6.45, 7) is 3.55. The molecular weight excluding hydrogens is 238 g/mol. The summed E-state index contributed by atoms with van der Waals surface area (Å²) >= 11 is 0. The van der Waals surface area contributed by atoms with Crippen molar-refractivity contribution < 1.29 is 13.6 Å². The summed E-state index contributed by atoms with van der Waals surface area (Å²) in [7, 11) is 0. The third-order valence-electron chi connectivity index (χ3n) is 2.64. The van der Waals surface area contributed by atoms with Crippen molar-refractivity contribution in [2.45, 2.75) is 19.9 Å². The molecular formula is C13H12F2N2O. The number of aldehydes is 1. The number of benzene rings is 1. The SMILES string of the molecule is CC(C)n1ncc(-c2cc(C=O)ccc2F)c1F. The van der Waals surface area contributed by atoms with Gasteiger partial charge >= 0.3 is 0 Å². The van der Waals surface area contributed by atoms with Gasteiger partial charge in [0.2, 0.25) is 5.95 Å². The molecule has 0 bridgehead atoms. The number of rotatable bonds is 3. The second-order valence-electron chi connectivity index (χ2n) is 4.24. The first-order chi connectivity index (χ1) is 8.54. The lowest BCUT2D eigenvalue weighted by Crippen LogP contribution is -2.05. The fraction of sp³-hybridized carbons (Fsp3) is 0.231. The summed E-state index contributed by atoms with van der Waals surface area (Å²) in [5.74, 6) is -1.19. The van der Waals surface area contributed by atoms with Crippen molar-refractivity contribution in [2.75, 3.05) is 0 Å². The molecule has 0 amide bonds. The van der Waals surface area contributed by atoms with E-state index in [1.165, 1.54) is 23.0 Å². The predicted octanol–water partition coefficient (Wildman–Crippen LogP) is 3.22. The van der Waals surface area contributed by atoms with Gasteiger partial charge in [-0.05, 0) is 32.0 Å². The van der Waals surface area contributed by atoms with E-state index >= 15 is 0 Å². The normalized spacial score (nSPS) is 10.9. The van der Waals surface area contributed by atoms with Crippen LogP contribution in [0.5, 0.6) is 0 Å². The molecule has 2 rings (SSSR count). The summed E-state index contributed by atoms with van der Waals surface area (Å²) in [6.07, 6.45) is 1.86. The van der Waals surface area contributed by atoms with Gasteiger partial charge in [0.1, 0.15) is 12.1 Å². The number of hydrogen-bond acceptors (Lipinski definition) is 2. The molecule has 5 heteroatoms. The van der Waals surface area contributed by atoms with Crippen LogP contribution in [0.4, 0.5) is 8.78 Å². The number of halogens is 2. The van der Waals surface area contributed by atoms with Gasteiger partial charge in [-0.25, -0.2) is 9.07 Å². The highest BCUT2D eigenvalue weighted by Crippen LogP contribution is 2.27. The maximum absolute atomic E-state index is 14.0. The minimum atomic E-state index is -0.605. The summed E-state index contributed by atoms with van der Waals surface area (Å²) in [6, 6.07) is 3.64. The average molecular weight is 250 g/mol. The van der Waals surface area contributed by atoms with E-state index in [-0.39, 0.29) is 17.2 Å². The summed E-state index contributed by atoms with van der Waals surface area (Å²) in [5.41, 5.74) is 0.400. The Balaban J connectivity index is 2.58. The molecule has 2 aromatic rings. The average Bonchev–Trinajstić information content (AvgIpc) is 2.72. The van der Waals surface area contributed by atoms with Gasteiger partial charge < -0.3 is 0 Å². The molecule has 3 nitrogen and oxygen atoms in total. The first-order valence-corrected chi connectivity index (χ1v) is 5.52. The van der Waals surface area contributed by atoms with E-state index < -0.39 is 11.8 Å². The molecule has 0 saturated heterocycles. The van der Waals surface area contributed by atoms with Crippen LogP contribution in [0, 0.1) is 11.8 Å². The summed E-state index contributed by atoms with van der Waals surface area (Å²) in [4.78, 5) is 10.7. The highest BCUT2D eigenvalue weighted by atomic mass is 19.1. The molecule has 1 heterocycles. The van der Waals surface area contributed by atoms with Crippen molar-refractivity contribution >= 4 is 6.29 Å². The topological polar surface area (TPSA) is 34.9 Å². The Morgan fingerprint density at radius 1 is 1.28 bits per heavy atom. The lowest BCUT2D eigenvalue weighted by Gasteiger charge is -2.06. The molecule has 0 saturated carbocycles. The van der Waals surface area contributed by atoms with Crippen molar-refractivity contribution in [1.29, 1.82) is 0 Å². The van der Waals surface area contributed by atoms with E-state index in [1.807, 2.05) is 0 Å². The van der Waals surface area contributed by atoms with Gasteiger partial charge in [0.25, 0.3) is 0 Å². The van der Waals surface area contributed by atoms with Crippen molar-refractivity contribution in [3.8, 4) is 11.1 Å². The van der Waals surface area contributed by atoms with Gasteiger partial charge in [0, 0.05) is 17.2 Å². The molecule has 0 aliphatic heterocycles. The fourth-order valence-corrected chi connectivity index (χ4v) is 1.71. The van der Waals surface area contributed by atoms with Crippen LogP contribution in [0.2, 0.25) is 0 Å². The molecule has 0 fully saturated rings. The second-order valence-corrected chi connectivity index (χ2v) is 4.24. The van der Waals surface area contributed by atoms with E-state index in [0.717, 1.165) is 6.07 Å². The number of carbonyl (C=O) groups excluding carboxylic acids is 1. The maximum Gasteiger partial charge on any atom is 0.219 e. The maximum atomic E-state index is 14.0. The highest BCUT2D eigenvalue weighted by molar-refractivity contribution is 5.79. The molecule has 0 aliphatic carbocycles. The molecule has 18 heavy (non-hydrogen) atoms. The third kappa shape index (κ3) is 2.03. The quantitative estimate of drug-likeness (QED) is 0.784. The minimum absolute atomic E-state index is 0.0454. The Morgan fingerprint density at radius 3 is 2.56 bits per heavy atom. The van der Waals surface area contributed by atoms with Crippen molar-refractivity contribution in [3.63, 3.8) is 0 Å². The van der Waals surface area contributed by atoms with E-state index in [9.17, 15) is 13.6 Å². The standard InChI is InChI=1S/C13H12F2N2O/c1-8(2)17-13(15)11(6-16-17)10-5-9(7-18)3-4-12(10)14/h3-8H,1-2H3. The Bertz CT molecular complexity index is 591. The van der Waals surface area contributed by atoms with Crippen LogP contribution in [-0.4, -0.2) is 16.1 Å². The molecule has 0 aliphatic rings. The minimum Gasteiger partial charge on any atom is -0.298 e. The predicted molar refractivity (Wildman–Crippen MR) is 63.4 cm³/mol. The largest absolute Gasteiger partial charge is 0.298 e. The van der Waals surface area contributed by atoms with E-state index in [2.05, 4.69) is 5.10 Å². The third-order valence-corrected chi connectivity index (χ3v) is 2.64. The van der Waals surface area contributed by atoms with Crippen LogP contribution in [0.15, 0.2) is 24.4 Å². The monoisotopic (exact) mass is 250 g/mol. The van der Waals surface area contributed by atoms with Gasteiger partial charge in [-0.3, -0.25) is 4.79 Å². The number of carbonyl (C=O) groups is 1. The highest BCUT2D eigenvalue weighted by Gasteiger charge is 2.17. The zero-order valence-electron chi connectivity index (χ0n) is 10.0. The number of aromatic nitrogens is 2. The Kier molecular flexibility index (Phi) is 3.23. The molecule has 0 atom stereocenters. The lowest BCUT2D eigenvalue weighted by molar-refractivity contribution is 0.112. The van der Waals surface area contributed by atoms with Gasteiger partial charge in [-0.1, -0.05) is 0 Å². The van der Waals surface area contributed by atoms with E-state index in [1.54, 1.807) is 13.8 Å².